The highest BCUT2D eigenvalue weighted by molar-refractivity contribution is 5.94. The summed E-state index contributed by atoms with van der Waals surface area (Å²) in [4.78, 5) is 36.2. The van der Waals surface area contributed by atoms with Crippen LogP contribution in [0.2, 0.25) is 0 Å². The van der Waals surface area contributed by atoms with E-state index in [1.165, 1.54) is 10.7 Å². The van der Waals surface area contributed by atoms with Gasteiger partial charge in [-0.05, 0) is 28.7 Å². The SMILES string of the molecule is CCCC(CC(=O)O)NC(=O)c1cc(NC(=O)OCC2c3ccccc3-c3ccccc32)n(C)n1. The van der Waals surface area contributed by atoms with Gasteiger partial charge in [0.1, 0.15) is 12.4 Å². The van der Waals surface area contributed by atoms with Gasteiger partial charge in [-0.15, -0.1) is 0 Å². The number of aryl methyl sites for hydroxylation is 1. The molecule has 9 nitrogen and oxygen atoms in total. The normalized spacial score (nSPS) is 13.0. The molecule has 1 aromatic heterocycles. The van der Waals surface area contributed by atoms with Crippen LogP contribution in [-0.2, 0) is 16.6 Å². The molecule has 1 atom stereocenters. The van der Waals surface area contributed by atoms with E-state index in [2.05, 4.69) is 27.9 Å². The Balaban J connectivity index is 1.39. The molecule has 0 bridgehead atoms. The van der Waals surface area contributed by atoms with Crippen molar-refractivity contribution in [2.45, 2.75) is 38.1 Å². The maximum Gasteiger partial charge on any atom is 0.412 e. The van der Waals surface area contributed by atoms with Gasteiger partial charge < -0.3 is 15.2 Å². The van der Waals surface area contributed by atoms with Crippen LogP contribution in [-0.4, -0.2) is 45.5 Å². The van der Waals surface area contributed by atoms with Crippen LogP contribution in [0.25, 0.3) is 11.1 Å². The second-order valence-electron chi connectivity index (χ2n) is 8.55. The fraction of sp³-hybridized carbons (Fsp3) is 0.308. The Morgan fingerprint density at radius 3 is 2.31 bits per heavy atom. The Kier molecular flexibility index (Phi) is 7.14. The van der Waals surface area contributed by atoms with Gasteiger partial charge in [0.05, 0.1) is 6.42 Å². The Labute approximate surface area is 203 Å². The lowest BCUT2D eigenvalue weighted by Crippen LogP contribution is -2.36. The van der Waals surface area contributed by atoms with Crippen LogP contribution in [0.4, 0.5) is 10.6 Å². The zero-order chi connectivity index (χ0) is 24.9. The molecule has 1 aliphatic carbocycles. The molecule has 3 N–H and O–H groups in total. The van der Waals surface area contributed by atoms with Crippen LogP contribution in [0.3, 0.4) is 0 Å². The van der Waals surface area contributed by atoms with Gasteiger partial charge in [-0.1, -0.05) is 61.9 Å². The van der Waals surface area contributed by atoms with Crippen LogP contribution in [0.1, 0.15) is 53.7 Å². The molecule has 0 aliphatic heterocycles. The van der Waals surface area contributed by atoms with Crippen LogP contribution >= 0.6 is 0 Å². The highest BCUT2D eigenvalue weighted by Gasteiger charge is 2.29. The topological polar surface area (TPSA) is 123 Å². The fourth-order valence-corrected chi connectivity index (χ4v) is 4.48. The summed E-state index contributed by atoms with van der Waals surface area (Å²) in [7, 11) is 1.59. The molecule has 9 heteroatoms. The van der Waals surface area contributed by atoms with Gasteiger partial charge in [-0.25, -0.2) is 4.79 Å². The van der Waals surface area contributed by atoms with Crippen molar-refractivity contribution in [1.29, 1.82) is 0 Å². The number of carboxylic acid groups (broad SMARTS) is 1. The number of benzene rings is 2. The van der Waals surface area contributed by atoms with Crippen molar-refractivity contribution in [3.8, 4) is 11.1 Å². The summed E-state index contributed by atoms with van der Waals surface area (Å²) in [5, 5.41) is 18.5. The van der Waals surface area contributed by atoms with E-state index in [-0.39, 0.29) is 30.5 Å². The number of hydrogen-bond donors (Lipinski definition) is 3. The van der Waals surface area contributed by atoms with Gasteiger partial charge in [0.15, 0.2) is 5.69 Å². The van der Waals surface area contributed by atoms with Gasteiger partial charge >= 0.3 is 12.1 Å². The molecule has 182 valence electrons. The smallest absolute Gasteiger partial charge is 0.412 e. The third kappa shape index (κ3) is 5.34. The Bertz CT molecular complexity index is 1210. The number of nitrogens with zero attached hydrogens (tertiary/aromatic N) is 2. The monoisotopic (exact) mass is 476 g/mol. The molecule has 2 amide bonds. The number of amides is 2. The van der Waals surface area contributed by atoms with E-state index < -0.39 is 24.0 Å². The highest BCUT2D eigenvalue weighted by Crippen LogP contribution is 2.44. The summed E-state index contributed by atoms with van der Waals surface area (Å²) in [5.41, 5.74) is 4.59. The lowest BCUT2D eigenvalue weighted by atomic mass is 9.98. The number of aliphatic carboxylic acids is 1. The van der Waals surface area contributed by atoms with Crippen molar-refractivity contribution in [2.24, 2.45) is 7.05 Å². The molecule has 1 heterocycles. The molecule has 4 rings (SSSR count). The molecule has 1 unspecified atom stereocenters. The van der Waals surface area contributed by atoms with Crippen molar-refractivity contribution in [2.75, 3.05) is 11.9 Å². The van der Waals surface area contributed by atoms with Crippen molar-refractivity contribution in [3.05, 3.63) is 71.4 Å². The summed E-state index contributed by atoms with van der Waals surface area (Å²) >= 11 is 0. The third-order valence-electron chi connectivity index (χ3n) is 6.08. The molecule has 3 aromatic rings. The summed E-state index contributed by atoms with van der Waals surface area (Å²) < 4.78 is 6.92. The number of carboxylic acids is 1. The number of hydrogen-bond acceptors (Lipinski definition) is 5. The first-order chi connectivity index (χ1) is 16.9. The Morgan fingerprint density at radius 2 is 1.71 bits per heavy atom. The van der Waals surface area contributed by atoms with E-state index in [9.17, 15) is 14.4 Å². The number of rotatable bonds is 9. The molecule has 0 fully saturated rings. The zero-order valence-electron chi connectivity index (χ0n) is 19.7. The summed E-state index contributed by atoms with van der Waals surface area (Å²) in [6.07, 6.45) is 0.443. The zero-order valence-corrected chi connectivity index (χ0v) is 19.7. The first-order valence-corrected chi connectivity index (χ1v) is 11.6. The minimum atomic E-state index is -0.984. The summed E-state index contributed by atoms with van der Waals surface area (Å²) in [6.45, 7) is 2.08. The van der Waals surface area contributed by atoms with E-state index >= 15 is 0 Å². The molecular weight excluding hydrogens is 448 g/mol. The quantitative estimate of drug-likeness (QED) is 0.426. The minimum Gasteiger partial charge on any atom is -0.481 e. The van der Waals surface area contributed by atoms with Crippen molar-refractivity contribution < 1.29 is 24.2 Å². The lowest BCUT2D eigenvalue weighted by Gasteiger charge is -2.15. The molecule has 0 radical (unpaired) electrons. The van der Waals surface area contributed by atoms with Crippen LogP contribution in [0, 0.1) is 0 Å². The first-order valence-electron chi connectivity index (χ1n) is 11.6. The van der Waals surface area contributed by atoms with E-state index in [4.69, 9.17) is 9.84 Å². The van der Waals surface area contributed by atoms with Crippen molar-refractivity contribution in [1.82, 2.24) is 15.1 Å². The number of aromatic nitrogens is 2. The minimum absolute atomic E-state index is 0.0641. The van der Waals surface area contributed by atoms with Gasteiger partial charge in [-0.2, -0.15) is 5.10 Å². The van der Waals surface area contributed by atoms with Crippen molar-refractivity contribution >= 4 is 23.8 Å². The van der Waals surface area contributed by atoms with E-state index in [0.717, 1.165) is 28.7 Å². The highest BCUT2D eigenvalue weighted by atomic mass is 16.5. The molecular formula is C26H28N4O5. The third-order valence-corrected chi connectivity index (χ3v) is 6.08. The number of nitrogens with one attached hydrogen (secondary N) is 2. The standard InChI is InChI=1S/C26H28N4O5/c1-3-8-16(13-24(31)32)27-25(33)22-14-23(30(2)29-22)28-26(34)35-15-21-19-11-6-4-9-17(19)18-10-5-7-12-20(18)21/h4-7,9-12,14,16,21H,3,8,13,15H2,1-2H3,(H,27,33)(H,28,34)(H,31,32). The van der Waals surface area contributed by atoms with Gasteiger partial charge in [0.2, 0.25) is 0 Å². The number of ether oxygens (including phenoxy) is 1. The van der Waals surface area contributed by atoms with E-state index in [0.29, 0.717) is 6.42 Å². The Hall–Kier alpha value is -4.14. The second-order valence-corrected chi connectivity index (χ2v) is 8.55. The Morgan fingerprint density at radius 1 is 1.09 bits per heavy atom. The van der Waals surface area contributed by atoms with Crippen LogP contribution < -0.4 is 10.6 Å². The average Bonchev–Trinajstić information content (AvgIpc) is 3.35. The number of carbonyl (C=O) groups is 3. The van der Waals surface area contributed by atoms with Gasteiger partial charge in [-0.3, -0.25) is 19.6 Å². The first kappa shape index (κ1) is 24.0. The number of fused-ring (bicyclic) bond motifs is 3. The molecule has 1 aliphatic rings. The largest absolute Gasteiger partial charge is 0.481 e. The van der Waals surface area contributed by atoms with Crippen LogP contribution in [0.5, 0.6) is 0 Å². The van der Waals surface area contributed by atoms with Gasteiger partial charge in [0.25, 0.3) is 5.91 Å². The number of anilines is 1. The molecule has 2 aromatic carbocycles. The van der Waals surface area contributed by atoms with Crippen LogP contribution in [0.15, 0.2) is 54.6 Å². The van der Waals surface area contributed by atoms with E-state index in [1.807, 2.05) is 43.3 Å². The van der Waals surface area contributed by atoms with E-state index in [1.54, 1.807) is 7.05 Å². The average molecular weight is 477 g/mol. The molecule has 0 saturated heterocycles. The fourth-order valence-electron chi connectivity index (χ4n) is 4.48. The molecule has 35 heavy (non-hydrogen) atoms. The lowest BCUT2D eigenvalue weighted by molar-refractivity contribution is -0.137. The molecule has 0 spiro atoms. The number of carbonyl (C=O) groups excluding carboxylic acids is 2. The maximum atomic E-state index is 12.6. The van der Waals surface area contributed by atoms with Crippen molar-refractivity contribution in [3.63, 3.8) is 0 Å². The van der Waals surface area contributed by atoms with Gasteiger partial charge in [0, 0.05) is 25.1 Å². The maximum absolute atomic E-state index is 12.6. The molecule has 0 saturated carbocycles. The summed E-state index contributed by atoms with van der Waals surface area (Å²) in [5.74, 6) is -1.26. The predicted molar refractivity (Wildman–Crippen MR) is 130 cm³/mol. The second kappa shape index (κ2) is 10.4. The summed E-state index contributed by atoms with van der Waals surface area (Å²) in [6, 6.07) is 17.1. The predicted octanol–water partition coefficient (Wildman–Crippen LogP) is 4.15.